The summed E-state index contributed by atoms with van der Waals surface area (Å²) in [5, 5.41) is 17.7. The molecule has 8 heteroatoms. The maximum absolute atomic E-state index is 11.9. The van der Waals surface area contributed by atoms with E-state index in [1.807, 2.05) is 36.4 Å². The number of para-hydroxylation sites is 2. The van der Waals surface area contributed by atoms with Crippen molar-refractivity contribution >= 4 is 38.3 Å². The lowest BCUT2D eigenvalue weighted by atomic mass is 10.2. The maximum Gasteiger partial charge on any atom is 0.311 e. The van der Waals surface area contributed by atoms with Crippen molar-refractivity contribution in [2.24, 2.45) is 0 Å². The first kappa shape index (κ1) is 18.4. The van der Waals surface area contributed by atoms with E-state index in [1.54, 1.807) is 18.2 Å². The quantitative estimate of drug-likeness (QED) is 0.480. The summed E-state index contributed by atoms with van der Waals surface area (Å²) in [5.41, 5.74) is 1.92. The molecule has 0 aliphatic heterocycles. The second-order valence-electron chi connectivity index (χ2n) is 5.88. The zero-order valence-corrected chi connectivity index (χ0v) is 15.2. The van der Waals surface area contributed by atoms with E-state index in [4.69, 9.17) is 0 Å². The predicted octanol–water partition coefficient (Wildman–Crippen LogP) is 4.49. The predicted molar refractivity (Wildman–Crippen MR) is 106 cm³/mol. The van der Waals surface area contributed by atoms with E-state index in [0.717, 1.165) is 17.6 Å². The molecule has 0 radical (unpaired) electrons. The molecule has 0 heterocycles. The van der Waals surface area contributed by atoms with E-state index in [9.17, 15) is 18.5 Å². The fourth-order valence-electron chi connectivity index (χ4n) is 2.63. The maximum atomic E-state index is 11.9. The van der Waals surface area contributed by atoms with E-state index < -0.39 is 20.4 Å². The second-order valence-corrected chi connectivity index (χ2v) is 7.86. The highest BCUT2D eigenvalue weighted by atomic mass is 32.2. The molecule has 0 fully saturated rings. The lowest BCUT2D eigenvalue weighted by Gasteiger charge is -2.12. The highest BCUT2D eigenvalue weighted by molar-refractivity contribution is 7.90. The molecule has 3 aromatic rings. The number of nitrogens with one attached hydrogen (secondary N) is 2. The molecule has 0 saturated carbocycles. The van der Waals surface area contributed by atoms with Gasteiger partial charge >= 0.3 is 5.69 Å². The molecular formula is C19H17N3O4S. The molecule has 138 valence electrons. The molecule has 0 spiro atoms. The van der Waals surface area contributed by atoms with Gasteiger partial charge in [0.2, 0.25) is 0 Å². The summed E-state index contributed by atoms with van der Waals surface area (Å²) < 4.78 is 23.8. The van der Waals surface area contributed by atoms with Gasteiger partial charge in [0, 0.05) is 23.3 Å². The highest BCUT2D eigenvalue weighted by Gasteiger charge is 2.26. The van der Waals surface area contributed by atoms with Crippen molar-refractivity contribution in [3.05, 3.63) is 82.9 Å². The largest absolute Gasteiger partial charge is 0.355 e. The van der Waals surface area contributed by atoms with E-state index in [2.05, 4.69) is 10.6 Å². The number of benzene rings is 3. The number of nitrogens with zero attached hydrogens (tertiary/aromatic N) is 1. The summed E-state index contributed by atoms with van der Waals surface area (Å²) in [4.78, 5) is 10.5. The van der Waals surface area contributed by atoms with Crippen LogP contribution in [0.3, 0.4) is 0 Å². The zero-order valence-electron chi connectivity index (χ0n) is 14.4. The Hall–Kier alpha value is -3.39. The van der Waals surface area contributed by atoms with Crippen molar-refractivity contribution in [3.8, 4) is 0 Å². The molecule has 0 saturated heterocycles. The van der Waals surface area contributed by atoms with Crippen LogP contribution in [0.4, 0.5) is 28.4 Å². The third kappa shape index (κ3) is 4.42. The van der Waals surface area contributed by atoms with E-state index in [1.165, 1.54) is 18.2 Å². The van der Waals surface area contributed by atoms with Gasteiger partial charge in [-0.1, -0.05) is 30.3 Å². The molecule has 0 aliphatic carbocycles. The Morgan fingerprint density at radius 1 is 0.815 bits per heavy atom. The van der Waals surface area contributed by atoms with E-state index >= 15 is 0 Å². The van der Waals surface area contributed by atoms with Gasteiger partial charge in [0.25, 0.3) is 0 Å². The molecule has 27 heavy (non-hydrogen) atoms. The minimum Gasteiger partial charge on any atom is -0.355 e. The standard InChI is InChI=1S/C19H17N3O4S/c1-27(25,26)18-12-6-11-17(19(18)22(23)24)21-16-10-5-9-15(13-16)20-14-7-3-2-4-8-14/h2-13,20-21H,1H3. The third-order valence-corrected chi connectivity index (χ3v) is 4.91. The average molecular weight is 383 g/mol. The van der Waals surface area contributed by atoms with Gasteiger partial charge in [-0.3, -0.25) is 10.1 Å². The van der Waals surface area contributed by atoms with Crippen LogP contribution in [-0.2, 0) is 9.84 Å². The molecular weight excluding hydrogens is 366 g/mol. The third-order valence-electron chi connectivity index (χ3n) is 3.79. The first-order chi connectivity index (χ1) is 12.8. The first-order valence-electron chi connectivity index (χ1n) is 8.01. The molecule has 0 amide bonds. The Morgan fingerprint density at radius 3 is 2.04 bits per heavy atom. The van der Waals surface area contributed by atoms with Crippen LogP contribution in [0.15, 0.2) is 77.7 Å². The number of sulfone groups is 1. The van der Waals surface area contributed by atoms with Crippen LogP contribution < -0.4 is 10.6 Å². The number of hydrogen-bond acceptors (Lipinski definition) is 6. The first-order valence-corrected chi connectivity index (χ1v) is 9.90. The van der Waals surface area contributed by atoms with E-state index in [0.29, 0.717) is 5.69 Å². The molecule has 0 aliphatic rings. The Labute approximate surface area is 156 Å². The van der Waals surface area contributed by atoms with Gasteiger partial charge in [-0.05, 0) is 42.5 Å². The smallest absolute Gasteiger partial charge is 0.311 e. The molecule has 0 unspecified atom stereocenters. The number of hydrogen-bond donors (Lipinski definition) is 2. The van der Waals surface area contributed by atoms with E-state index in [-0.39, 0.29) is 10.6 Å². The minimum atomic E-state index is -3.74. The number of rotatable bonds is 6. The molecule has 3 rings (SSSR count). The molecule has 7 nitrogen and oxygen atoms in total. The fourth-order valence-corrected chi connectivity index (χ4v) is 3.49. The van der Waals surface area contributed by atoms with Gasteiger partial charge in [-0.2, -0.15) is 0 Å². The normalized spacial score (nSPS) is 11.0. The van der Waals surface area contributed by atoms with Crippen LogP contribution in [0, 0.1) is 10.1 Å². The highest BCUT2D eigenvalue weighted by Crippen LogP contribution is 2.34. The van der Waals surface area contributed by atoms with Crippen molar-refractivity contribution < 1.29 is 13.3 Å². The zero-order chi connectivity index (χ0) is 19.4. The van der Waals surface area contributed by atoms with Gasteiger partial charge in [0.05, 0.1) is 4.92 Å². The number of anilines is 4. The fraction of sp³-hybridized carbons (Fsp3) is 0.0526. The minimum absolute atomic E-state index is 0.111. The van der Waals surface area contributed by atoms with Crippen molar-refractivity contribution in [1.82, 2.24) is 0 Å². The van der Waals surface area contributed by atoms with Crippen LogP contribution in [0.25, 0.3) is 0 Å². The summed E-state index contributed by atoms with van der Waals surface area (Å²) in [5.74, 6) is 0. The average Bonchev–Trinajstić information content (AvgIpc) is 2.62. The van der Waals surface area contributed by atoms with Crippen molar-refractivity contribution in [1.29, 1.82) is 0 Å². The lowest BCUT2D eigenvalue weighted by molar-refractivity contribution is -0.386. The topological polar surface area (TPSA) is 101 Å². The van der Waals surface area contributed by atoms with Gasteiger partial charge in [0.1, 0.15) is 10.6 Å². The van der Waals surface area contributed by atoms with Crippen LogP contribution in [0.5, 0.6) is 0 Å². The summed E-state index contributed by atoms with van der Waals surface area (Å²) >= 11 is 0. The second kappa shape index (κ2) is 7.46. The molecule has 2 N–H and O–H groups in total. The van der Waals surface area contributed by atoms with Crippen LogP contribution >= 0.6 is 0 Å². The summed E-state index contributed by atoms with van der Waals surface area (Å²) in [6.07, 6.45) is 0.948. The monoisotopic (exact) mass is 383 g/mol. The molecule has 3 aromatic carbocycles. The summed E-state index contributed by atoms with van der Waals surface area (Å²) in [7, 11) is -3.74. The SMILES string of the molecule is CS(=O)(=O)c1cccc(Nc2cccc(Nc3ccccc3)c2)c1[N+](=O)[O-]. The Kier molecular flexibility index (Phi) is 5.09. The molecule has 0 aromatic heterocycles. The Balaban J connectivity index is 1.94. The Bertz CT molecular complexity index is 1080. The summed E-state index contributed by atoms with van der Waals surface area (Å²) in [6.45, 7) is 0. The lowest BCUT2D eigenvalue weighted by Crippen LogP contribution is -2.05. The number of nitro groups is 1. The van der Waals surface area contributed by atoms with Crippen LogP contribution in [0.1, 0.15) is 0 Å². The van der Waals surface area contributed by atoms with Gasteiger partial charge in [-0.25, -0.2) is 8.42 Å². The molecule has 0 atom stereocenters. The number of nitro benzene ring substituents is 1. The Morgan fingerprint density at radius 2 is 1.41 bits per heavy atom. The molecule has 0 bridgehead atoms. The van der Waals surface area contributed by atoms with Crippen LogP contribution in [0.2, 0.25) is 0 Å². The van der Waals surface area contributed by atoms with Crippen molar-refractivity contribution in [3.63, 3.8) is 0 Å². The van der Waals surface area contributed by atoms with Gasteiger partial charge in [0.15, 0.2) is 9.84 Å². The van der Waals surface area contributed by atoms with Gasteiger partial charge < -0.3 is 10.6 Å². The van der Waals surface area contributed by atoms with Crippen molar-refractivity contribution in [2.75, 3.05) is 16.9 Å². The summed E-state index contributed by atoms with van der Waals surface area (Å²) in [6, 6.07) is 20.9. The van der Waals surface area contributed by atoms with Gasteiger partial charge in [-0.15, -0.1) is 0 Å². The van der Waals surface area contributed by atoms with Crippen molar-refractivity contribution in [2.45, 2.75) is 4.90 Å². The van der Waals surface area contributed by atoms with Crippen LogP contribution in [-0.4, -0.2) is 19.6 Å².